The van der Waals surface area contributed by atoms with Gasteiger partial charge in [-0.25, -0.2) is 9.78 Å². The van der Waals surface area contributed by atoms with Crippen LogP contribution in [-0.4, -0.2) is 24.6 Å². The lowest BCUT2D eigenvalue weighted by atomic mass is 10.1. The van der Waals surface area contributed by atoms with Crippen molar-refractivity contribution in [3.05, 3.63) is 40.4 Å². The van der Waals surface area contributed by atoms with Crippen molar-refractivity contribution in [2.75, 3.05) is 18.6 Å². The predicted octanol–water partition coefficient (Wildman–Crippen LogP) is 3.70. The molecule has 0 aliphatic rings. The first-order valence-corrected chi connectivity index (χ1v) is 7.34. The number of nitrogens with zero attached hydrogens (tertiary/aromatic N) is 2. The summed E-state index contributed by atoms with van der Waals surface area (Å²) in [6, 6.07) is 6.26. The van der Waals surface area contributed by atoms with Crippen molar-refractivity contribution in [1.29, 1.82) is 0 Å². The number of hydrogen-bond donors (Lipinski definition) is 0. The fraction of sp³-hybridized carbons (Fsp3) is 0.333. The summed E-state index contributed by atoms with van der Waals surface area (Å²) >= 11 is 1.43. The first-order valence-electron chi connectivity index (χ1n) is 6.46. The van der Waals surface area contributed by atoms with Crippen molar-refractivity contribution in [1.82, 2.24) is 4.98 Å². The van der Waals surface area contributed by atoms with Gasteiger partial charge in [-0.3, -0.25) is 0 Å². The van der Waals surface area contributed by atoms with Crippen LogP contribution in [0.15, 0.2) is 23.6 Å². The Hall–Kier alpha value is -1.88. The molecule has 0 bridgehead atoms. The van der Waals surface area contributed by atoms with E-state index in [1.54, 1.807) is 12.3 Å². The van der Waals surface area contributed by atoms with E-state index in [0.717, 1.165) is 10.8 Å². The van der Waals surface area contributed by atoms with E-state index in [-0.39, 0.29) is 5.97 Å². The molecular weight excluding hydrogens is 272 g/mol. The molecule has 2 aromatic rings. The van der Waals surface area contributed by atoms with Crippen molar-refractivity contribution < 1.29 is 9.53 Å². The van der Waals surface area contributed by atoms with Crippen LogP contribution in [0.2, 0.25) is 0 Å². The summed E-state index contributed by atoms with van der Waals surface area (Å²) in [6.07, 6.45) is 0. The van der Waals surface area contributed by atoms with Gasteiger partial charge in [0.2, 0.25) is 0 Å². The van der Waals surface area contributed by atoms with E-state index in [1.165, 1.54) is 22.5 Å². The van der Waals surface area contributed by atoms with E-state index < -0.39 is 0 Å². The summed E-state index contributed by atoms with van der Waals surface area (Å²) in [4.78, 5) is 18.0. The molecule has 20 heavy (non-hydrogen) atoms. The molecule has 0 saturated heterocycles. The second kappa shape index (κ2) is 6.05. The molecule has 5 heteroatoms. The van der Waals surface area contributed by atoms with Crippen molar-refractivity contribution in [2.24, 2.45) is 0 Å². The van der Waals surface area contributed by atoms with E-state index in [9.17, 15) is 4.79 Å². The topological polar surface area (TPSA) is 42.4 Å². The lowest BCUT2D eigenvalue weighted by Gasteiger charge is -2.18. The van der Waals surface area contributed by atoms with Crippen LogP contribution in [0.3, 0.4) is 0 Å². The Morgan fingerprint density at radius 1 is 1.40 bits per heavy atom. The van der Waals surface area contributed by atoms with E-state index in [0.29, 0.717) is 12.3 Å². The minimum atomic E-state index is -0.371. The molecule has 0 fully saturated rings. The molecule has 2 rings (SSSR count). The Balaban J connectivity index is 2.25. The number of ether oxygens (including phenoxy) is 1. The normalized spacial score (nSPS) is 10.4. The summed E-state index contributed by atoms with van der Waals surface area (Å²) in [5.74, 6) is -0.371. The molecule has 0 spiro atoms. The molecule has 1 heterocycles. The highest BCUT2D eigenvalue weighted by atomic mass is 32.1. The number of hydrogen-bond acceptors (Lipinski definition) is 5. The molecule has 4 nitrogen and oxygen atoms in total. The Bertz CT molecular complexity index is 622. The van der Waals surface area contributed by atoms with Gasteiger partial charge in [0.05, 0.1) is 6.61 Å². The van der Waals surface area contributed by atoms with Gasteiger partial charge in [-0.2, -0.15) is 0 Å². The molecule has 0 aliphatic heterocycles. The lowest BCUT2D eigenvalue weighted by molar-refractivity contribution is 0.0520. The third-order valence-electron chi connectivity index (χ3n) is 2.98. The maximum atomic E-state index is 11.6. The van der Waals surface area contributed by atoms with Crippen molar-refractivity contribution in [3.8, 4) is 0 Å². The fourth-order valence-electron chi connectivity index (χ4n) is 2.00. The van der Waals surface area contributed by atoms with Crippen molar-refractivity contribution in [3.63, 3.8) is 0 Å². The van der Waals surface area contributed by atoms with Gasteiger partial charge in [0.25, 0.3) is 0 Å². The van der Waals surface area contributed by atoms with Crippen LogP contribution in [0, 0.1) is 13.8 Å². The number of aromatic nitrogens is 1. The number of carbonyl (C=O) groups is 1. The molecule has 0 atom stereocenters. The van der Waals surface area contributed by atoms with Gasteiger partial charge in [0.1, 0.15) is 0 Å². The van der Waals surface area contributed by atoms with Gasteiger partial charge in [-0.1, -0.05) is 17.7 Å². The number of carbonyl (C=O) groups excluding carboxylic acids is 1. The van der Waals surface area contributed by atoms with Crippen LogP contribution in [0.4, 0.5) is 10.8 Å². The van der Waals surface area contributed by atoms with Gasteiger partial charge in [-0.15, -0.1) is 11.3 Å². The highest BCUT2D eigenvalue weighted by molar-refractivity contribution is 7.14. The maximum absolute atomic E-state index is 11.6. The van der Waals surface area contributed by atoms with E-state index in [4.69, 9.17) is 4.74 Å². The van der Waals surface area contributed by atoms with E-state index in [2.05, 4.69) is 37.0 Å². The summed E-state index contributed by atoms with van der Waals surface area (Å²) in [5, 5.41) is 2.51. The number of aryl methyl sites for hydroxylation is 2. The average Bonchev–Trinajstić information content (AvgIpc) is 2.88. The zero-order chi connectivity index (χ0) is 14.7. The molecule has 1 aromatic heterocycles. The minimum absolute atomic E-state index is 0.360. The highest BCUT2D eigenvalue weighted by Gasteiger charge is 2.15. The predicted molar refractivity (Wildman–Crippen MR) is 82.0 cm³/mol. The first-order chi connectivity index (χ1) is 9.52. The second-order valence-electron chi connectivity index (χ2n) is 4.58. The molecule has 0 amide bonds. The SMILES string of the molecule is CCOC(=O)c1csc(N(C)c2ccc(C)cc2C)n1. The number of rotatable bonds is 4. The lowest BCUT2D eigenvalue weighted by Crippen LogP contribution is -2.12. The van der Waals surface area contributed by atoms with Crippen LogP contribution >= 0.6 is 11.3 Å². The fourth-order valence-corrected chi connectivity index (χ4v) is 2.78. The molecule has 0 unspecified atom stereocenters. The highest BCUT2D eigenvalue weighted by Crippen LogP contribution is 2.29. The maximum Gasteiger partial charge on any atom is 0.357 e. The molecule has 0 aliphatic carbocycles. The monoisotopic (exact) mass is 290 g/mol. The molecule has 0 N–H and O–H groups in total. The summed E-state index contributed by atoms with van der Waals surface area (Å²) in [7, 11) is 1.95. The van der Waals surface area contributed by atoms with Crippen molar-refractivity contribution in [2.45, 2.75) is 20.8 Å². The molecule has 0 saturated carbocycles. The van der Waals surface area contributed by atoms with Gasteiger partial charge >= 0.3 is 5.97 Å². The largest absolute Gasteiger partial charge is 0.461 e. The quantitative estimate of drug-likeness (QED) is 0.805. The Kier molecular flexibility index (Phi) is 4.39. The van der Waals surface area contributed by atoms with Crippen LogP contribution in [-0.2, 0) is 4.74 Å². The summed E-state index contributed by atoms with van der Waals surface area (Å²) in [5.41, 5.74) is 3.86. The standard InChI is InChI=1S/C15H18N2O2S/c1-5-19-14(18)12-9-20-15(16-12)17(4)13-7-6-10(2)8-11(13)3/h6-9H,5H2,1-4H3. The zero-order valence-corrected chi connectivity index (χ0v) is 13.0. The van der Waals surface area contributed by atoms with Crippen molar-refractivity contribution >= 4 is 28.1 Å². The van der Waals surface area contributed by atoms with Crippen LogP contribution in [0.1, 0.15) is 28.5 Å². The third-order valence-corrected chi connectivity index (χ3v) is 3.89. The molecule has 1 aromatic carbocycles. The van der Waals surface area contributed by atoms with Gasteiger partial charge in [-0.05, 0) is 32.4 Å². The summed E-state index contributed by atoms with van der Waals surface area (Å²) in [6.45, 7) is 6.28. The van der Waals surface area contributed by atoms with Crippen LogP contribution in [0.5, 0.6) is 0 Å². The Morgan fingerprint density at radius 3 is 2.80 bits per heavy atom. The van der Waals surface area contributed by atoms with Gasteiger partial charge in [0.15, 0.2) is 10.8 Å². The Labute approximate surface area is 123 Å². The Morgan fingerprint density at radius 2 is 2.15 bits per heavy atom. The molecule has 0 radical (unpaired) electrons. The smallest absolute Gasteiger partial charge is 0.357 e. The zero-order valence-electron chi connectivity index (χ0n) is 12.1. The molecule has 106 valence electrons. The third kappa shape index (κ3) is 2.99. The van der Waals surface area contributed by atoms with E-state index >= 15 is 0 Å². The second-order valence-corrected chi connectivity index (χ2v) is 5.42. The average molecular weight is 290 g/mol. The number of esters is 1. The molecular formula is C15H18N2O2S. The van der Waals surface area contributed by atoms with Gasteiger partial charge < -0.3 is 9.64 Å². The number of benzene rings is 1. The number of anilines is 2. The minimum Gasteiger partial charge on any atom is -0.461 e. The number of thiazole rings is 1. The van der Waals surface area contributed by atoms with Crippen LogP contribution in [0.25, 0.3) is 0 Å². The van der Waals surface area contributed by atoms with Crippen LogP contribution < -0.4 is 4.90 Å². The first kappa shape index (κ1) is 14.5. The summed E-state index contributed by atoms with van der Waals surface area (Å²) < 4.78 is 4.95. The van der Waals surface area contributed by atoms with Gasteiger partial charge in [0, 0.05) is 18.1 Å². The van der Waals surface area contributed by atoms with E-state index in [1.807, 2.05) is 11.9 Å².